The summed E-state index contributed by atoms with van der Waals surface area (Å²) in [6.07, 6.45) is -0.588. The van der Waals surface area contributed by atoms with Crippen LogP contribution in [0.2, 0.25) is 0 Å². The highest BCUT2D eigenvalue weighted by molar-refractivity contribution is 7.80. The van der Waals surface area contributed by atoms with E-state index in [9.17, 15) is 4.79 Å². The highest BCUT2D eigenvalue weighted by Gasteiger charge is 2.21. The van der Waals surface area contributed by atoms with Gasteiger partial charge in [-0.25, -0.2) is 0 Å². The van der Waals surface area contributed by atoms with E-state index < -0.39 is 6.10 Å². The van der Waals surface area contributed by atoms with Crippen LogP contribution in [-0.2, 0) is 4.79 Å². The molecule has 0 aromatic heterocycles. The minimum atomic E-state index is -0.588. The van der Waals surface area contributed by atoms with Crippen LogP contribution in [0.15, 0.2) is 18.2 Å². The first-order valence-electron chi connectivity index (χ1n) is 6.49. The second-order valence-electron chi connectivity index (χ2n) is 5.84. The van der Waals surface area contributed by atoms with Gasteiger partial charge in [0.25, 0.3) is 5.91 Å². The molecule has 0 aliphatic heterocycles. The van der Waals surface area contributed by atoms with Gasteiger partial charge in [-0.3, -0.25) is 4.79 Å². The number of aryl methyl sites for hydroxylation is 1. The second-order valence-corrected chi connectivity index (χ2v) is 6.28. The number of thiocarbonyl (C=S) groups is 1. The van der Waals surface area contributed by atoms with E-state index >= 15 is 0 Å². The Labute approximate surface area is 125 Å². The maximum absolute atomic E-state index is 12.0. The molecule has 0 saturated carbocycles. The zero-order valence-electron chi connectivity index (χ0n) is 12.6. The molecule has 0 aliphatic rings. The number of rotatable bonds is 4. The van der Waals surface area contributed by atoms with E-state index in [2.05, 4.69) is 5.32 Å². The van der Waals surface area contributed by atoms with E-state index in [4.69, 9.17) is 22.7 Å². The van der Waals surface area contributed by atoms with Crippen molar-refractivity contribution in [3.63, 3.8) is 0 Å². The molecule has 0 heterocycles. The van der Waals surface area contributed by atoms with Crippen LogP contribution >= 0.6 is 12.2 Å². The number of hydrogen-bond donors (Lipinski definition) is 2. The van der Waals surface area contributed by atoms with Crippen molar-refractivity contribution in [1.29, 1.82) is 0 Å². The predicted octanol–water partition coefficient (Wildman–Crippen LogP) is 2.31. The molecule has 0 fully saturated rings. The number of ether oxygens (including phenoxy) is 1. The van der Waals surface area contributed by atoms with Crippen LogP contribution in [-0.4, -0.2) is 22.5 Å². The smallest absolute Gasteiger partial charge is 0.261 e. The summed E-state index contributed by atoms with van der Waals surface area (Å²) in [4.78, 5) is 12.3. The molecular weight excluding hydrogens is 272 g/mol. The number of nitrogens with one attached hydrogen (secondary N) is 1. The summed E-state index contributed by atoms with van der Waals surface area (Å²) in [5.41, 5.74) is 6.97. The molecule has 20 heavy (non-hydrogen) atoms. The van der Waals surface area contributed by atoms with Crippen molar-refractivity contribution < 1.29 is 9.53 Å². The standard InChI is InChI=1S/C15H22N2O2S/c1-9-6-7-11(13(16)20)8-12(9)19-10(2)14(18)17-15(3,4)5/h6-8,10H,1-5H3,(H2,16,20)(H,17,18). The van der Waals surface area contributed by atoms with Gasteiger partial charge in [0.05, 0.1) is 0 Å². The summed E-state index contributed by atoms with van der Waals surface area (Å²) in [5, 5.41) is 2.88. The zero-order valence-corrected chi connectivity index (χ0v) is 13.4. The van der Waals surface area contributed by atoms with Gasteiger partial charge in [-0.05, 0) is 46.2 Å². The number of carbonyl (C=O) groups is 1. The lowest BCUT2D eigenvalue weighted by Gasteiger charge is -2.24. The molecule has 0 radical (unpaired) electrons. The average Bonchev–Trinajstić information content (AvgIpc) is 2.29. The van der Waals surface area contributed by atoms with Crippen molar-refractivity contribution in [2.45, 2.75) is 46.3 Å². The monoisotopic (exact) mass is 294 g/mol. The highest BCUT2D eigenvalue weighted by atomic mass is 32.1. The minimum absolute atomic E-state index is 0.155. The summed E-state index contributed by atoms with van der Waals surface area (Å²) in [6.45, 7) is 9.41. The Bertz CT molecular complexity index is 521. The second kappa shape index (κ2) is 6.22. The molecule has 1 aromatic rings. The fourth-order valence-electron chi connectivity index (χ4n) is 1.60. The van der Waals surface area contributed by atoms with E-state index in [1.807, 2.05) is 39.8 Å². The van der Waals surface area contributed by atoms with Crippen LogP contribution in [0.1, 0.15) is 38.8 Å². The third kappa shape index (κ3) is 4.81. The van der Waals surface area contributed by atoms with Crippen LogP contribution in [0, 0.1) is 6.92 Å². The fourth-order valence-corrected chi connectivity index (χ4v) is 1.72. The molecule has 0 bridgehead atoms. The SMILES string of the molecule is Cc1ccc(C(N)=S)cc1OC(C)C(=O)NC(C)(C)C. The van der Waals surface area contributed by atoms with Gasteiger partial charge in [0.15, 0.2) is 6.10 Å². The fraction of sp³-hybridized carbons (Fsp3) is 0.467. The normalized spacial score (nSPS) is 12.7. The third-order valence-corrected chi connectivity index (χ3v) is 2.88. The van der Waals surface area contributed by atoms with Gasteiger partial charge in [0, 0.05) is 11.1 Å². The first kappa shape index (κ1) is 16.4. The third-order valence-electron chi connectivity index (χ3n) is 2.64. The Morgan fingerprint density at radius 3 is 2.50 bits per heavy atom. The average molecular weight is 294 g/mol. The van der Waals surface area contributed by atoms with E-state index in [0.29, 0.717) is 10.7 Å². The first-order valence-corrected chi connectivity index (χ1v) is 6.90. The van der Waals surface area contributed by atoms with Crippen LogP contribution in [0.3, 0.4) is 0 Å². The largest absolute Gasteiger partial charge is 0.481 e. The molecule has 1 atom stereocenters. The quantitative estimate of drug-likeness (QED) is 0.836. The Hall–Kier alpha value is -1.62. The van der Waals surface area contributed by atoms with Crippen molar-refractivity contribution in [2.24, 2.45) is 5.73 Å². The van der Waals surface area contributed by atoms with Crippen molar-refractivity contribution in [1.82, 2.24) is 5.32 Å². The molecule has 1 rings (SSSR count). The number of amides is 1. The van der Waals surface area contributed by atoms with E-state index in [-0.39, 0.29) is 11.4 Å². The molecular formula is C15H22N2O2S. The van der Waals surface area contributed by atoms with E-state index in [1.165, 1.54) is 0 Å². The van der Waals surface area contributed by atoms with Gasteiger partial charge in [0.1, 0.15) is 10.7 Å². The first-order chi connectivity index (χ1) is 9.10. The molecule has 1 amide bonds. The number of carbonyl (C=O) groups excluding carboxylic acids is 1. The van der Waals surface area contributed by atoms with Gasteiger partial charge in [-0.15, -0.1) is 0 Å². The topological polar surface area (TPSA) is 64.3 Å². The molecule has 0 spiro atoms. The molecule has 3 N–H and O–H groups in total. The molecule has 5 heteroatoms. The zero-order chi connectivity index (χ0) is 15.5. The van der Waals surface area contributed by atoms with Crippen molar-refractivity contribution in [2.75, 3.05) is 0 Å². The molecule has 1 aromatic carbocycles. The summed E-state index contributed by atoms with van der Waals surface area (Å²) in [6, 6.07) is 5.47. The summed E-state index contributed by atoms with van der Waals surface area (Å²) < 4.78 is 5.72. The Morgan fingerprint density at radius 2 is 2.00 bits per heavy atom. The van der Waals surface area contributed by atoms with E-state index in [0.717, 1.165) is 11.1 Å². The van der Waals surface area contributed by atoms with Crippen LogP contribution in [0.25, 0.3) is 0 Å². The predicted molar refractivity (Wildman–Crippen MR) is 85.1 cm³/mol. The lowest BCUT2D eigenvalue weighted by molar-refractivity contribution is -0.128. The lowest BCUT2D eigenvalue weighted by Crippen LogP contribution is -2.46. The van der Waals surface area contributed by atoms with Crippen LogP contribution < -0.4 is 15.8 Å². The molecule has 0 saturated heterocycles. The number of hydrogen-bond acceptors (Lipinski definition) is 3. The van der Waals surface area contributed by atoms with Gasteiger partial charge < -0.3 is 15.8 Å². The molecule has 0 aliphatic carbocycles. The lowest BCUT2D eigenvalue weighted by atomic mass is 10.1. The Balaban J connectivity index is 2.85. The number of benzene rings is 1. The van der Waals surface area contributed by atoms with Crippen LogP contribution in [0.5, 0.6) is 5.75 Å². The van der Waals surface area contributed by atoms with Gasteiger partial charge in [-0.2, -0.15) is 0 Å². The Kier molecular flexibility index (Phi) is 5.11. The van der Waals surface area contributed by atoms with Gasteiger partial charge in [-0.1, -0.05) is 24.4 Å². The molecule has 4 nitrogen and oxygen atoms in total. The molecule has 1 unspecified atom stereocenters. The van der Waals surface area contributed by atoms with Crippen molar-refractivity contribution in [3.05, 3.63) is 29.3 Å². The number of nitrogens with two attached hydrogens (primary N) is 1. The van der Waals surface area contributed by atoms with Crippen molar-refractivity contribution in [3.8, 4) is 5.75 Å². The van der Waals surface area contributed by atoms with Gasteiger partial charge >= 0.3 is 0 Å². The minimum Gasteiger partial charge on any atom is -0.481 e. The molecule has 110 valence electrons. The van der Waals surface area contributed by atoms with Gasteiger partial charge in [0.2, 0.25) is 0 Å². The highest BCUT2D eigenvalue weighted by Crippen LogP contribution is 2.21. The maximum atomic E-state index is 12.0. The van der Waals surface area contributed by atoms with Crippen molar-refractivity contribution >= 4 is 23.1 Å². The summed E-state index contributed by atoms with van der Waals surface area (Å²) in [7, 11) is 0. The Morgan fingerprint density at radius 1 is 1.40 bits per heavy atom. The van der Waals surface area contributed by atoms with E-state index in [1.54, 1.807) is 13.0 Å². The summed E-state index contributed by atoms with van der Waals surface area (Å²) >= 11 is 4.94. The maximum Gasteiger partial charge on any atom is 0.261 e. The van der Waals surface area contributed by atoms with Crippen LogP contribution in [0.4, 0.5) is 0 Å². The summed E-state index contributed by atoms with van der Waals surface area (Å²) in [5.74, 6) is 0.462.